The highest BCUT2D eigenvalue weighted by molar-refractivity contribution is 5.96. The molecule has 120 valence electrons. The Morgan fingerprint density at radius 3 is 2.23 bits per heavy atom. The molecule has 0 unspecified atom stereocenters. The van der Waals surface area contributed by atoms with Crippen LogP contribution in [0.25, 0.3) is 0 Å². The number of carbonyl (C=O) groups excluding carboxylic acids is 2. The molecule has 2 rings (SSSR count). The maximum absolute atomic E-state index is 12.4. The van der Waals surface area contributed by atoms with Gasteiger partial charge in [-0.25, -0.2) is 0 Å². The van der Waals surface area contributed by atoms with Gasteiger partial charge in [-0.15, -0.1) is 0 Å². The molecular weight excluding hydrogens is 301 g/mol. The molecule has 1 saturated heterocycles. The summed E-state index contributed by atoms with van der Waals surface area (Å²) in [5.74, 6) is -2.52. The SMILES string of the molecule is O=C(c1ccccc1O)N1CCCN(C(=O)C(F)(F)F)CC1. The summed E-state index contributed by atoms with van der Waals surface area (Å²) in [5.41, 5.74) is 0.0955. The molecule has 0 bridgehead atoms. The number of hydrogen-bond donors (Lipinski definition) is 1. The van der Waals surface area contributed by atoms with E-state index in [1.54, 1.807) is 12.1 Å². The van der Waals surface area contributed by atoms with Gasteiger partial charge in [0.2, 0.25) is 0 Å². The van der Waals surface area contributed by atoms with Gasteiger partial charge in [-0.1, -0.05) is 12.1 Å². The predicted molar refractivity (Wildman–Crippen MR) is 71.3 cm³/mol. The number of carbonyl (C=O) groups is 2. The number of phenols is 1. The van der Waals surface area contributed by atoms with Crippen molar-refractivity contribution in [2.24, 2.45) is 0 Å². The molecule has 0 atom stereocenters. The van der Waals surface area contributed by atoms with E-state index in [2.05, 4.69) is 0 Å². The van der Waals surface area contributed by atoms with Crippen LogP contribution in [0.2, 0.25) is 0 Å². The Labute approximate surface area is 124 Å². The van der Waals surface area contributed by atoms with Crippen LogP contribution >= 0.6 is 0 Å². The number of benzene rings is 1. The summed E-state index contributed by atoms with van der Waals surface area (Å²) in [6.45, 7) is -0.00956. The number of rotatable bonds is 1. The van der Waals surface area contributed by atoms with Crippen LogP contribution < -0.4 is 0 Å². The van der Waals surface area contributed by atoms with Crippen LogP contribution in [0.3, 0.4) is 0 Å². The zero-order chi connectivity index (χ0) is 16.3. The van der Waals surface area contributed by atoms with Crippen LogP contribution in [-0.4, -0.2) is 59.1 Å². The Morgan fingerprint density at radius 1 is 1.00 bits per heavy atom. The molecule has 1 fully saturated rings. The first-order valence-electron chi connectivity index (χ1n) is 6.74. The Balaban J connectivity index is 2.06. The van der Waals surface area contributed by atoms with Crippen molar-refractivity contribution in [3.63, 3.8) is 0 Å². The van der Waals surface area contributed by atoms with Crippen LogP contribution in [0.5, 0.6) is 5.75 Å². The second-order valence-electron chi connectivity index (χ2n) is 4.95. The number of para-hydroxylation sites is 1. The van der Waals surface area contributed by atoms with E-state index in [0.29, 0.717) is 4.90 Å². The number of nitrogens with zero attached hydrogens (tertiary/aromatic N) is 2. The fraction of sp³-hybridized carbons (Fsp3) is 0.429. The van der Waals surface area contributed by atoms with Crippen LogP contribution in [0, 0.1) is 0 Å². The van der Waals surface area contributed by atoms with Gasteiger partial charge in [-0.05, 0) is 18.6 Å². The summed E-state index contributed by atoms with van der Waals surface area (Å²) in [4.78, 5) is 25.6. The summed E-state index contributed by atoms with van der Waals surface area (Å²) in [6.07, 6.45) is -4.65. The van der Waals surface area contributed by atoms with Gasteiger partial charge < -0.3 is 14.9 Å². The molecule has 1 aromatic carbocycles. The minimum atomic E-state index is -4.91. The highest BCUT2D eigenvalue weighted by Gasteiger charge is 2.42. The summed E-state index contributed by atoms with van der Waals surface area (Å²) in [5, 5.41) is 9.67. The van der Waals surface area contributed by atoms with Gasteiger partial charge in [0, 0.05) is 26.2 Å². The van der Waals surface area contributed by atoms with Gasteiger partial charge in [0.25, 0.3) is 5.91 Å². The third-order valence-electron chi connectivity index (χ3n) is 3.45. The monoisotopic (exact) mass is 316 g/mol. The molecule has 0 saturated carbocycles. The second kappa shape index (κ2) is 6.25. The van der Waals surface area contributed by atoms with Gasteiger partial charge >= 0.3 is 12.1 Å². The molecule has 1 aliphatic rings. The molecule has 8 heteroatoms. The lowest BCUT2D eigenvalue weighted by molar-refractivity contribution is -0.185. The van der Waals surface area contributed by atoms with Crippen LogP contribution in [0.1, 0.15) is 16.8 Å². The predicted octanol–water partition coefficient (Wildman–Crippen LogP) is 1.63. The lowest BCUT2D eigenvalue weighted by Crippen LogP contribution is -2.43. The molecule has 1 heterocycles. The Bertz CT molecular complexity index is 575. The van der Waals surface area contributed by atoms with Crippen molar-refractivity contribution in [1.29, 1.82) is 0 Å². The van der Waals surface area contributed by atoms with Gasteiger partial charge in [0.05, 0.1) is 5.56 Å². The molecule has 22 heavy (non-hydrogen) atoms. The first-order valence-corrected chi connectivity index (χ1v) is 6.74. The van der Waals surface area contributed by atoms with Crippen molar-refractivity contribution >= 4 is 11.8 Å². The molecule has 0 aliphatic carbocycles. The molecule has 1 aromatic rings. The minimum Gasteiger partial charge on any atom is -0.507 e. The number of halogens is 3. The number of phenolic OH excluding ortho intramolecular Hbond substituents is 1. The van der Waals surface area contributed by atoms with Gasteiger partial charge in [-0.3, -0.25) is 9.59 Å². The molecule has 0 radical (unpaired) electrons. The maximum atomic E-state index is 12.4. The first-order chi connectivity index (χ1) is 10.3. The fourth-order valence-electron chi connectivity index (χ4n) is 2.33. The van der Waals surface area contributed by atoms with Crippen molar-refractivity contribution in [1.82, 2.24) is 9.80 Å². The number of amides is 2. The number of hydrogen-bond acceptors (Lipinski definition) is 3. The van der Waals surface area contributed by atoms with E-state index < -0.39 is 18.0 Å². The second-order valence-corrected chi connectivity index (χ2v) is 4.95. The van der Waals surface area contributed by atoms with Gasteiger partial charge in [0.15, 0.2) is 0 Å². The molecule has 0 spiro atoms. The average Bonchev–Trinajstić information content (AvgIpc) is 2.71. The van der Waals surface area contributed by atoms with E-state index >= 15 is 0 Å². The Morgan fingerprint density at radius 2 is 1.59 bits per heavy atom. The summed E-state index contributed by atoms with van der Waals surface area (Å²) < 4.78 is 37.3. The highest BCUT2D eigenvalue weighted by Crippen LogP contribution is 2.21. The number of aromatic hydroxyl groups is 1. The van der Waals surface area contributed by atoms with E-state index in [0.717, 1.165) is 0 Å². The first kappa shape index (κ1) is 16.1. The quantitative estimate of drug-likeness (QED) is 0.856. The fourth-order valence-corrected chi connectivity index (χ4v) is 2.33. The van der Waals surface area contributed by atoms with E-state index in [4.69, 9.17) is 0 Å². The maximum Gasteiger partial charge on any atom is 0.471 e. The molecule has 5 nitrogen and oxygen atoms in total. The molecule has 2 amide bonds. The smallest absolute Gasteiger partial charge is 0.471 e. The van der Waals surface area contributed by atoms with E-state index in [-0.39, 0.29) is 43.9 Å². The molecular formula is C14H15F3N2O3. The normalized spacial score (nSPS) is 16.3. The zero-order valence-corrected chi connectivity index (χ0v) is 11.6. The Hall–Kier alpha value is -2.25. The largest absolute Gasteiger partial charge is 0.507 e. The van der Waals surface area contributed by atoms with Crippen molar-refractivity contribution < 1.29 is 27.9 Å². The molecule has 0 aromatic heterocycles. The minimum absolute atomic E-state index is 0.00497. The standard InChI is InChI=1S/C14H15F3N2O3/c15-14(16,17)13(22)19-7-3-6-18(8-9-19)12(21)10-4-1-2-5-11(10)20/h1-2,4-5,20H,3,6-9H2. The van der Waals surface area contributed by atoms with Crippen molar-refractivity contribution in [2.75, 3.05) is 26.2 Å². The van der Waals surface area contributed by atoms with E-state index in [1.807, 2.05) is 0 Å². The Kier molecular flexibility index (Phi) is 4.58. The average molecular weight is 316 g/mol. The third-order valence-corrected chi connectivity index (χ3v) is 3.45. The van der Waals surface area contributed by atoms with Crippen LogP contribution in [-0.2, 0) is 4.79 Å². The summed E-state index contributed by atoms with van der Waals surface area (Å²) >= 11 is 0. The van der Waals surface area contributed by atoms with Crippen molar-refractivity contribution in [3.05, 3.63) is 29.8 Å². The van der Waals surface area contributed by atoms with Gasteiger partial charge in [-0.2, -0.15) is 13.2 Å². The molecule has 1 aliphatic heterocycles. The summed E-state index contributed by atoms with van der Waals surface area (Å²) in [7, 11) is 0. The third kappa shape index (κ3) is 3.49. The molecule has 1 N–H and O–H groups in total. The van der Waals surface area contributed by atoms with Crippen molar-refractivity contribution in [3.8, 4) is 5.75 Å². The van der Waals surface area contributed by atoms with E-state index in [1.165, 1.54) is 17.0 Å². The van der Waals surface area contributed by atoms with Crippen molar-refractivity contribution in [2.45, 2.75) is 12.6 Å². The number of alkyl halides is 3. The topological polar surface area (TPSA) is 60.9 Å². The zero-order valence-electron chi connectivity index (χ0n) is 11.6. The van der Waals surface area contributed by atoms with Crippen LogP contribution in [0.4, 0.5) is 13.2 Å². The van der Waals surface area contributed by atoms with Crippen LogP contribution in [0.15, 0.2) is 24.3 Å². The lowest BCUT2D eigenvalue weighted by atomic mass is 10.1. The van der Waals surface area contributed by atoms with E-state index in [9.17, 15) is 27.9 Å². The summed E-state index contributed by atoms with van der Waals surface area (Å²) in [6, 6.07) is 5.97. The lowest BCUT2D eigenvalue weighted by Gasteiger charge is -2.23. The van der Waals surface area contributed by atoms with Gasteiger partial charge in [0.1, 0.15) is 5.75 Å². The highest BCUT2D eigenvalue weighted by atomic mass is 19.4.